The molecule has 4 atom stereocenters. The van der Waals surface area contributed by atoms with Crippen LogP contribution >= 0.6 is 0 Å². The van der Waals surface area contributed by atoms with Crippen LogP contribution in [0.15, 0.2) is 17.1 Å². The molecule has 2 aliphatic rings. The van der Waals surface area contributed by atoms with Gasteiger partial charge in [0.1, 0.15) is 18.3 Å². The molecule has 0 aliphatic carbocycles. The molecule has 2 aliphatic heterocycles. The van der Waals surface area contributed by atoms with Gasteiger partial charge in [-0.2, -0.15) is 4.98 Å². The lowest BCUT2D eigenvalue weighted by Gasteiger charge is -2.24. The van der Waals surface area contributed by atoms with Gasteiger partial charge in [-0.15, -0.1) is 0 Å². The van der Waals surface area contributed by atoms with Gasteiger partial charge in [0.05, 0.1) is 6.61 Å². The Labute approximate surface area is 137 Å². The fourth-order valence-corrected chi connectivity index (χ4v) is 2.82. The second-order valence-corrected chi connectivity index (χ2v) is 6.01. The zero-order valence-corrected chi connectivity index (χ0v) is 13.5. The normalized spacial score (nSPS) is 30.8. The molecule has 132 valence electrons. The monoisotopic (exact) mass is 341 g/mol. The highest BCUT2D eigenvalue weighted by Crippen LogP contribution is 2.42. The molecule has 0 bridgehead atoms. The number of ether oxygens (including phenoxy) is 3. The number of aliphatic hydroxyl groups is 1. The highest BCUT2D eigenvalue weighted by Gasteiger charge is 2.55. The maximum absolute atomic E-state index is 12.2. The molecule has 2 N–H and O–H groups in total. The molecule has 1 aromatic heterocycles. The van der Waals surface area contributed by atoms with Crippen LogP contribution in [-0.2, 0) is 23.8 Å². The zero-order chi connectivity index (χ0) is 17.5. The summed E-state index contributed by atoms with van der Waals surface area (Å²) in [5.41, 5.74) is 1.65. The first-order chi connectivity index (χ1) is 11.3. The van der Waals surface area contributed by atoms with E-state index in [0.717, 1.165) is 0 Å². The van der Waals surface area contributed by atoms with Crippen LogP contribution in [0.25, 0.3) is 0 Å². The first kappa shape index (κ1) is 16.8. The fraction of sp³-hybridized carbons (Fsp3) is 0.643. The predicted octanol–water partition coefficient (Wildman–Crippen LogP) is -0.457. The lowest BCUT2D eigenvalue weighted by atomic mass is 10.1. The van der Waals surface area contributed by atoms with Crippen molar-refractivity contribution < 1.29 is 28.9 Å². The minimum atomic E-state index is -0.835. The van der Waals surface area contributed by atoms with E-state index in [1.807, 2.05) is 0 Å². The van der Waals surface area contributed by atoms with Gasteiger partial charge in [-0.3, -0.25) is 9.36 Å². The first-order valence-electron chi connectivity index (χ1n) is 7.45. The van der Waals surface area contributed by atoms with Gasteiger partial charge in [-0.05, 0) is 13.8 Å². The summed E-state index contributed by atoms with van der Waals surface area (Å²) in [5.74, 6) is -1.31. The number of aliphatic hydroxyl groups excluding tert-OH is 1. The van der Waals surface area contributed by atoms with E-state index >= 15 is 0 Å². The Morgan fingerprint density at radius 2 is 2.17 bits per heavy atom. The molecule has 0 aromatic carbocycles. The third-order valence-corrected chi connectivity index (χ3v) is 3.71. The standard InChI is InChI=1S/C14H19N3O7/c1-7(19)24-16-9-4-5-17(13(20)15-9)12-11-10(8(6-18)21-12)22-14(2,3)23-11/h4-5,8,10-12,18H,6H2,1-3H3,(H,15,16,20)/t8?,10-,11-,12-/m1/s1. The molecule has 1 aromatic rings. The number of anilines is 1. The molecule has 24 heavy (non-hydrogen) atoms. The number of aromatic nitrogens is 2. The molecule has 0 spiro atoms. The molecule has 2 fully saturated rings. The van der Waals surface area contributed by atoms with E-state index in [4.69, 9.17) is 14.2 Å². The van der Waals surface area contributed by atoms with Crippen molar-refractivity contribution in [3.63, 3.8) is 0 Å². The van der Waals surface area contributed by atoms with Crippen LogP contribution in [0.4, 0.5) is 5.82 Å². The van der Waals surface area contributed by atoms with E-state index in [1.54, 1.807) is 13.8 Å². The first-order valence-corrected chi connectivity index (χ1v) is 7.45. The molecular formula is C14H19N3O7. The van der Waals surface area contributed by atoms with Gasteiger partial charge in [0.25, 0.3) is 0 Å². The molecule has 10 nitrogen and oxygen atoms in total. The van der Waals surface area contributed by atoms with Gasteiger partial charge in [-0.25, -0.2) is 10.3 Å². The third-order valence-electron chi connectivity index (χ3n) is 3.71. The fourth-order valence-electron chi connectivity index (χ4n) is 2.82. The lowest BCUT2D eigenvalue weighted by Crippen LogP contribution is -2.35. The van der Waals surface area contributed by atoms with Crippen LogP contribution in [-0.4, -0.2) is 51.3 Å². The third kappa shape index (κ3) is 3.13. The highest BCUT2D eigenvalue weighted by molar-refractivity contribution is 5.66. The molecule has 10 heteroatoms. The van der Waals surface area contributed by atoms with Crippen molar-refractivity contribution in [2.75, 3.05) is 12.1 Å². The SMILES string of the molecule is CC(=O)ONc1ccn([C@@H]2OC(CO)[C@H]3OC(C)(C)O[C@H]32)c(=O)n1. The lowest BCUT2D eigenvalue weighted by molar-refractivity contribution is -0.200. The van der Waals surface area contributed by atoms with Gasteiger partial charge in [0, 0.05) is 19.2 Å². The smallest absolute Gasteiger partial charge is 0.351 e. The molecule has 1 unspecified atom stereocenters. The number of fused-ring (bicyclic) bond motifs is 1. The van der Waals surface area contributed by atoms with Gasteiger partial charge in [-0.1, -0.05) is 0 Å². The van der Waals surface area contributed by atoms with Crippen LogP contribution in [0.5, 0.6) is 0 Å². The second kappa shape index (κ2) is 6.13. The summed E-state index contributed by atoms with van der Waals surface area (Å²) in [6, 6.07) is 1.45. The average molecular weight is 341 g/mol. The van der Waals surface area contributed by atoms with Crippen LogP contribution in [0.1, 0.15) is 27.0 Å². The van der Waals surface area contributed by atoms with Gasteiger partial charge >= 0.3 is 11.7 Å². The van der Waals surface area contributed by atoms with E-state index in [0.29, 0.717) is 0 Å². The van der Waals surface area contributed by atoms with Crippen molar-refractivity contribution in [1.82, 2.24) is 9.55 Å². The molecule has 0 amide bonds. The van der Waals surface area contributed by atoms with E-state index in [1.165, 1.54) is 23.8 Å². The van der Waals surface area contributed by atoms with Crippen molar-refractivity contribution in [3.05, 3.63) is 22.7 Å². The average Bonchev–Trinajstić information content (AvgIpc) is 2.98. The number of carbonyl (C=O) groups is 1. The van der Waals surface area contributed by atoms with Crippen LogP contribution < -0.4 is 11.2 Å². The van der Waals surface area contributed by atoms with Crippen LogP contribution in [0.3, 0.4) is 0 Å². The summed E-state index contributed by atoms with van der Waals surface area (Å²) >= 11 is 0. The maximum Gasteiger partial charge on any atom is 0.351 e. The van der Waals surface area contributed by atoms with Gasteiger partial charge in [0.15, 0.2) is 17.8 Å². The zero-order valence-electron chi connectivity index (χ0n) is 13.5. The molecule has 3 heterocycles. The van der Waals surface area contributed by atoms with Crippen molar-refractivity contribution in [2.24, 2.45) is 0 Å². The summed E-state index contributed by atoms with van der Waals surface area (Å²) in [6.45, 7) is 4.47. The summed E-state index contributed by atoms with van der Waals surface area (Å²) in [5, 5.41) is 9.46. The molecule has 0 saturated carbocycles. The minimum absolute atomic E-state index is 0.0867. The number of hydrogen-bond acceptors (Lipinski definition) is 9. The number of hydrogen-bond donors (Lipinski definition) is 2. The number of nitrogens with one attached hydrogen (secondary N) is 1. The summed E-state index contributed by atoms with van der Waals surface area (Å²) in [7, 11) is 0. The predicted molar refractivity (Wildman–Crippen MR) is 78.7 cm³/mol. The Kier molecular flexibility index (Phi) is 4.30. The van der Waals surface area contributed by atoms with Crippen LogP contribution in [0.2, 0.25) is 0 Å². The Hall–Kier alpha value is -2.01. The maximum atomic E-state index is 12.2. The Balaban J connectivity index is 1.83. The summed E-state index contributed by atoms with van der Waals surface area (Å²) in [4.78, 5) is 31.4. The Morgan fingerprint density at radius 3 is 2.79 bits per heavy atom. The van der Waals surface area contributed by atoms with Gasteiger partial charge < -0.3 is 24.2 Å². The van der Waals surface area contributed by atoms with E-state index in [9.17, 15) is 14.7 Å². The van der Waals surface area contributed by atoms with E-state index in [-0.39, 0.29) is 12.4 Å². The van der Waals surface area contributed by atoms with Crippen molar-refractivity contribution in [2.45, 2.75) is 51.1 Å². The van der Waals surface area contributed by atoms with Crippen molar-refractivity contribution >= 4 is 11.8 Å². The quantitative estimate of drug-likeness (QED) is 0.701. The molecule has 2 saturated heterocycles. The van der Waals surface area contributed by atoms with Crippen molar-refractivity contribution in [1.29, 1.82) is 0 Å². The number of nitrogens with zero attached hydrogens (tertiary/aromatic N) is 2. The highest BCUT2D eigenvalue weighted by atomic mass is 16.8. The topological polar surface area (TPSA) is 121 Å². The van der Waals surface area contributed by atoms with E-state index < -0.39 is 42.0 Å². The minimum Gasteiger partial charge on any atom is -0.394 e. The molecular weight excluding hydrogens is 322 g/mol. The Morgan fingerprint density at radius 1 is 1.46 bits per heavy atom. The van der Waals surface area contributed by atoms with Crippen LogP contribution in [0, 0.1) is 0 Å². The Bertz CT molecular complexity index is 689. The summed E-state index contributed by atoms with van der Waals surface area (Å²) in [6.07, 6.45) is -0.981. The summed E-state index contributed by atoms with van der Waals surface area (Å²) < 4.78 is 18.5. The largest absolute Gasteiger partial charge is 0.394 e. The molecule has 0 radical (unpaired) electrons. The molecule has 3 rings (SSSR count). The number of carbonyl (C=O) groups excluding carboxylic acids is 1. The second-order valence-electron chi connectivity index (χ2n) is 6.01. The van der Waals surface area contributed by atoms with Crippen molar-refractivity contribution in [3.8, 4) is 0 Å². The number of rotatable bonds is 4. The van der Waals surface area contributed by atoms with E-state index in [2.05, 4.69) is 15.3 Å². The van der Waals surface area contributed by atoms with Gasteiger partial charge in [0.2, 0.25) is 0 Å².